The van der Waals surface area contributed by atoms with E-state index >= 15 is 0 Å². The molecule has 1 aromatic heterocycles. The van der Waals surface area contributed by atoms with Crippen LogP contribution < -0.4 is 10.7 Å². The van der Waals surface area contributed by atoms with E-state index in [1.54, 1.807) is 50.2 Å². The molecule has 1 aliphatic rings. The summed E-state index contributed by atoms with van der Waals surface area (Å²) in [6.07, 6.45) is 1.39. The third-order valence-electron chi connectivity index (χ3n) is 3.93. The van der Waals surface area contributed by atoms with Crippen LogP contribution in [0.25, 0.3) is 0 Å². The van der Waals surface area contributed by atoms with Crippen LogP contribution in [0.5, 0.6) is 0 Å². The van der Waals surface area contributed by atoms with Crippen molar-refractivity contribution >= 4 is 17.8 Å². The summed E-state index contributed by atoms with van der Waals surface area (Å²) in [5.41, 5.74) is 2.76. The molecule has 0 bridgehead atoms. The topological polar surface area (TPSA) is 91.4 Å². The van der Waals surface area contributed by atoms with Gasteiger partial charge in [0, 0.05) is 11.9 Å². The highest BCUT2D eigenvalue weighted by atomic mass is 16.2. The van der Waals surface area contributed by atoms with E-state index in [0.717, 1.165) is 5.69 Å². The number of urea groups is 1. The van der Waals surface area contributed by atoms with Crippen molar-refractivity contribution in [3.8, 4) is 0 Å². The molecule has 1 aromatic carbocycles. The number of aryl methyl sites for hydroxylation is 1. The van der Waals surface area contributed by atoms with Gasteiger partial charge in [0.15, 0.2) is 0 Å². The number of rotatable bonds is 3. The number of benzene rings is 1. The highest BCUT2D eigenvalue weighted by Gasteiger charge is 2.50. The number of hydrogen-bond donors (Lipinski definition) is 2. The lowest BCUT2D eigenvalue weighted by Crippen LogP contribution is -2.47. The Balaban J connectivity index is 1.82. The first-order valence-corrected chi connectivity index (χ1v) is 7.38. The minimum absolute atomic E-state index is 0.259. The predicted molar refractivity (Wildman–Crippen MR) is 85.6 cm³/mol. The van der Waals surface area contributed by atoms with Crippen LogP contribution in [0.2, 0.25) is 0 Å². The molecule has 1 atom stereocenters. The van der Waals surface area contributed by atoms with E-state index in [-0.39, 0.29) is 5.56 Å². The van der Waals surface area contributed by atoms with E-state index < -0.39 is 23.4 Å². The fraction of sp³-hybridized carbons (Fsp3) is 0.176. The van der Waals surface area contributed by atoms with Gasteiger partial charge in [-0.15, -0.1) is 0 Å². The third kappa shape index (κ3) is 2.60. The van der Waals surface area contributed by atoms with Gasteiger partial charge in [-0.1, -0.05) is 30.3 Å². The monoisotopic (exact) mass is 324 g/mol. The summed E-state index contributed by atoms with van der Waals surface area (Å²) in [5, 5.41) is 3.32. The van der Waals surface area contributed by atoms with E-state index in [1.165, 1.54) is 6.20 Å². The summed E-state index contributed by atoms with van der Waals surface area (Å²) in [6.45, 7) is 3.40. The smallest absolute Gasteiger partial charge is 0.318 e. The van der Waals surface area contributed by atoms with Crippen LogP contribution in [0, 0.1) is 6.92 Å². The second kappa shape index (κ2) is 5.77. The lowest BCUT2D eigenvalue weighted by molar-refractivity contribution is -0.132. The van der Waals surface area contributed by atoms with Crippen molar-refractivity contribution in [2.75, 3.05) is 0 Å². The molecule has 7 heteroatoms. The molecule has 24 heavy (non-hydrogen) atoms. The first kappa shape index (κ1) is 15.7. The molecule has 1 aliphatic heterocycles. The Morgan fingerprint density at radius 2 is 1.88 bits per heavy atom. The highest BCUT2D eigenvalue weighted by molar-refractivity contribution is 6.09. The number of nitrogens with zero attached hydrogens (tertiary/aromatic N) is 2. The Labute approximate surface area is 138 Å². The number of imide groups is 1. The number of pyridine rings is 1. The molecule has 0 radical (unpaired) electrons. The highest BCUT2D eigenvalue weighted by Crippen LogP contribution is 2.27. The molecule has 7 nitrogen and oxygen atoms in total. The summed E-state index contributed by atoms with van der Waals surface area (Å²) in [5.74, 6) is -1.13. The number of amides is 4. The van der Waals surface area contributed by atoms with Crippen molar-refractivity contribution in [3.05, 3.63) is 65.5 Å². The van der Waals surface area contributed by atoms with Crippen molar-refractivity contribution in [1.82, 2.24) is 20.7 Å². The molecule has 1 saturated heterocycles. The van der Waals surface area contributed by atoms with Gasteiger partial charge in [0.2, 0.25) is 0 Å². The number of hydrogen-bond acceptors (Lipinski definition) is 4. The Hall–Kier alpha value is -3.22. The Kier molecular flexibility index (Phi) is 3.76. The van der Waals surface area contributed by atoms with E-state index in [1.807, 2.05) is 6.07 Å². The maximum absolute atomic E-state index is 12.7. The molecular formula is C17H16N4O3. The second-order valence-electron chi connectivity index (χ2n) is 5.69. The van der Waals surface area contributed by atoms with Crippen molar-refractivity contribution in [2.45, 2.75) is 19.4 Å². The van der Waals surface area contributed by atoms with Gasteiger partial charge in [-0.05, 0) is 31.5 Å². The molecular weight excluding hydrogens is 308 g/mol. The zero-order valence-corrected chi connectivity index (χ0v) is 13.2. The Morgan fingerprint density at radius 1 is 1.17 bits per heavy atom. The zero-order valence-electron chi connectivity index (χ0n) is 13.2. The fourth-order valence-corrected chi connectivity index (χ4v) is 2.48. The fourth-order valence-electron chi connectivity index (χ4n) is 2.48. The second-order valence-corrected chi connectivity index (χ2v) is 5.69. The zero-order chi connectivity index (χ0) is 17.3. The van der Waals surface area contributed by atoms with Gasteiger partial charge in [0.1, 0.15) is 5.54 Å². The molecule has 4 amide bonds. The molecule has 1 fully saturated rings. The first-order valence-electron chi connectivity index (χ1n) is 7.38. The quantitative estimate of drug-likeness (QED) is 0.837. The molecule has 122 valence electrons. The van der Waals surface area contributed by atoms with E-state index in [2.05, 4.69) is 15.7 Å². The lowest BCUT2D eigenvalue weighted by Gasteiger charge is -2.22. The molecule has 2 heterocycles. The Morgan fingerprint density at radius 3 is 2.50 bits per heavy atom. The molecule has 0 unspecified atom stereocenters. The van der Waals surface area contributed by atoms with E-state index in [4.69, 9.17) is 0 Å². The van der Waals surface area contributed by atoms with Gasteiger partial charge in [0.25, 0.3) is 11.8 Å². The first-order chi connectivity index (χ1) is 11.4. The third-order valence-corrected chi connectivity index (χ3v) is 3.93. The number of nitrogens with one attached hydrogen (secondary N) is 2. The predicted octanol–water partition coefficient (Wildman–Crippen LogP) is 1.50. The maximum Gasteiger partial charge on any atom is 0.344 e. The van der Waals surface area contributed by atoms with Crippen LogP contribution in [0.1, 0.15) is 28.5 Å². The van der Waals surface area contributed by atoms with Crippen molar-refractivity contribution in [3.63, 3.8) is 0 Å². The van der Waals surface area contributed by atoms with Crippen LogP contribution in [-0.2, 0) is 10.3 Å². The normalized spacial score (nSPS) is 20.0. The van der Waals surface area contributed by atoms with Crippen LogP contribution in [0.15, 0.2) is 48.7 Å². The molecule has 3 rings (SSSR count). The van der Waals surface area contributed by atoms with Gasteiger partial charge in [-0.25, -0.2) is 4.79 Å². The van der Waals surface area contributed by atoms with E-state index in [0.29, 0.717) is 10.6 Å². The lowest BCUT2D eigenvalue weighted by atomic mass is 9.92. The minimum Gasteiger partial charge on any atom is -0.318 e. The summed E-state index contributed by atoms with van der Waals surface area (Å²) in [6, 6.07) is 11.4. The number of carbonyl (C=O) groups excluding carboxylic acids is 3. The van der Waals surface area contributed by atoms with Crippen LogP contribution in [0.4, 0.5) is 4.79 Å². The molecule has 0 aliphatic carbocycles. The van der Waals surface area contributed by atoms with Gasteiger partial charge in [-0.3, -0.25) is 20.0 Å². The Bertz CT molecular complexity index is 804. The average Bonchev–Trinajstić information content (AvgIpc) is 2.80. The van der Waals surface area contributed by atoms with Crippen molar-refractivity contribution in [2.24, 2.45) is 0 Å². The van der Waals surface area contributed by atoms with Gasteiger partial charge in [0.05, 0.1) is 5.56 Å². The SMILES string of the molecule is Cc1ccc(C(=O)NN2C(=O)N[C@@](C)(c3ccccc3)C2=O)cn1. The van der Waals surface area contributed by atoms with Gasteiger partial charge in [-0.2, -0.15) is 5.01 Å². The molecule has 2 N–H and O–H groups in total. The van der Waals surface area contributed by atoms with Gasteiger partial charge >= 0.3 is 6.03 Å². The van der Waals surface area contributed by atoms with Crippen LogP contribution in [-0.4, -0.2) is 27.8 Å². The number of carbonyl (C=O) groups is 3. The van der Waals surface area contributed by atoms with Gasteiger partial charge < -0.3 is 5.32 Å². The summed E-state index contributed by atoms with van der Waals surface area (Å²) in [4.78, 5) is 41.1. The minimum atomic E-state index is -1.23. The summed E-state index contributed by atoms with van der Waals surface area (Å²) < 4.78 is 0. The van der Waals surface area contributed by atoms with E-state index in [9.17, 15) is 14.4 Å². The molecule has 2 aromatic rings. The average molecular weight is 324 g/mol. The summed E-state index contributed by atoms with van der Waals surface area (Å²) in [7, 11) is 0. The largest absolute Gasteiger partial charge is 0.344 e. The number of aromatic nitrogens is 1. The molecule has 0 saturated carbocycles. The van der Waals surface area contributed by atoms with Crippen molar-refractivity contribution in [1.29, 1.82) is 0 Å². The summed E-state index contributed by atoms with van der Waals surface area (Å²) >= 11 is 0. The number of hydrazine groups is 1. The molecule has 0 spiro atoms. The van der Waals surface area contributed by atoms with Crippen molar-refractivity contribution < 1.29 is 14.4 Å². The maximum atomic E-state index is 12.7. The van der Waals surface area contributed by atoms with Crippen LogP contribution >= 0.6 is 0 Å². The standard InChI is InChI=1S/C17H16N4O3/c1-11-8-9-12(10-18-11)14(22)20-21-15(23)17(2,19-16(21)24)13-6-4-3-5-7-13/h3-10H,1-2H3,(H,19,24)(H,20,22)/t17-/m0/s1. The van der Waals surface area contributed by atoms with Crippen LogP contribution in [0.3, 0.4) is 0 Å².